The van der Waals surface area contributed by atoms with Crippen LogP contribution in [0.1, 0.15) is 37.0 Å². The summed E-state index contributed by atoms with van der Waals surface area (Å²) in [4.78, 5) is 22.6. The third-order valence-corrected chi connectivity index (χ3v) is 2.80. The Morgan fingerprint density at radius 1 is 1.32 bits per heavy atom. The normalized spacial score (nSPS) is 10.3. The number of benzene rings is 1. The van der Waals surface area contributed by atoms with E-state index in [1.54, 1.807) is 24.3 Å². The summed E-state index contributed by atoms with van der Waals surface area (Å²) in [6.07, 6.45) is 1.78. The first-order valence-electron chi connectivity index (χ1n) is 6.38. The molecule has 1 aromatic rings. The number of amides is 2. The van der Waals surface area contributed by atoms with Crippen molar-refractivity contribution in [1.82, 2.24) is 5.32 Å². The molecule has 104 valence electrons. The van der Waals surface area contributed by atoms with E-state index in [9.17, 15) is 9.59 Å². The van der Waals surface area contributed by atoms with E-state index in [-0.39, 0.29) is 18.6 Å². The van der Waals surface area contributed by atoms with Gasteiger partial charge in [0.25, 0.3) is 11.8 Å². The molecule has 19 heavy (non-hydrogen) atoms. The molecule has 0 aromatic heterocycles. The Labute approximate surface area is 113 Å². The summed E-state index contributed by atoms with van der Waals surface area (Å²) in [5.41, 5.74) is 5.51. The fourth-order valence-electron chi connectivity index (χ4n) is 1.64. The van der Waals surface area contributed by atoms with Crippen LogP contribution >= 0.6 is 0 Å². The summed E-state index contributed by atoms with van der Waals surface area (Å²) in [6, 6.07) is 6.85. The minimum absolute atomic E-state index is 0.141. The van der Waals surface area contributed by atoms with E-state index in [2.05, 4.69) is 5.32 Å². The van der Waals surface area contributed by atoms with Gasteiger partial charge in [0.05, 0.1) is 0 Å². The lowest BCUT2D eigenvalue weighted by atomic mass is 10.1. The van der Waals surface area contributed by atoms with Gasteiger partial charge in [-0.1, -0.05) is 19.9 Å². The van der Waals surface area contributed by atoms with Crippen LogP contribution in [0.4, 0.5) is 0 Å². The van der Waals surface area contributed by atoms with Gasteiger partial charge < -0.3 is 15.8 Å². The number of hydrogen-bond donors (Lipinski definition) is 2. The Hall–Kier alpha value is -2.04. The summed E-state index contributed by atoms with van der Waals surface area (Å²) in [5, 5.41) is 2.94. The zero-order chi connectivity index (χ0) is 14.3. The average Bonchev–Trinajstić information content (AvgIpc) is 2.42. The largest absolute Gasteiger partial charge is 0.484 e. The first-order chi connectivity index (χ1) is 9.06. The third-order valence-electron chi connectivity index (χ3n) is 2.80. The second-order valence-electron chi connectivity index (χ2n) is 4.27. The van der Waals surface area contributed by atoms with Crippen molar-refractivity contribution in [3.8, 4) is 5.75 Å². The topological polar surface area (TPSA) is 81.4 Å². The van der Waals surface area contributed by atoms with E-state index in [1.165, 1.54) is 0 Å². The maximum absolute atomic E-state index is 12.0. The summed E-state index contributed by atoms with van der Waals surface area (Å²) in [7, 11) is 0. The molecule has 0 atom stereocenters. The van der Waals surface area contributed by atoms with E-state index >= 15 is 0 Å². The van der Waals surface area contributed by atoms with Crippen molar-refractivity contribution in [2.24, 2.45) is 5.73 Å². The number of primary amides is 1. The number of nitrogens with one attached hydrogen (secondary N) is 1. The SMILES string of the molecule is CCC(CC)NC(=O)c1cccc(OCC(N)=O)c1. The van der Waals surface area contributed by atoms with Crippen molar-refractivity contribution in [2.75, 3.05) is 6.61 Å². The van der Waals surface area contributed by atoms with Crippen LogP contribution in [0.15, 0.2) is 24.3 Å². The van der Waals surface area contributed by atoms with Crippen molar-refractivity contribution >= 4 is 11.8 Å². The fourth-order valence-corrected chi connectivity index (χ4v) is 1.64. The van der Waals surface area contributed by atoms with Crippen molar-refractivity contribution < 1.29 is 14.3 Å². The van der Waals surface area contributed by atoms with E-state index in [1.807, 2.05) is 13.8 Å². The van der Waals surface area contributed by atoms with Gasteiger partial charge in [-0.15, -0.1) is 0 Å². The predicted molar refractivity (Wildman–Crippen MR) is 73.0 cm³/mol. The molecule has 0 saturated heterocycles. The van der Waals surface area contributed by atoms with Gasteiger partial charge in [-0.05, 0) is 31.0 Å². The Bertz CT molecular complexity index is 442. The summed E-state index contributed by atoms with van der Waals surface area (Å²) >= 11 is 0. The molecule has 5 heteroatoms. The van der Waals surface area contributed by atoms with Crippen LogP contribution in [0, 0.1) is 0 Å². The van der Waals surface area contributed by atoms with Gasteiger partial charge >= 0.3 is 0 Å². The molecule has 0 aliphatic heterocycles. The monoisotopic (exact) mass is 264 g/mol. The summed E-state index contributed by atoms with van der Waals surface area (Å²) in [5.74, 6) is -0.235. The van der Waals surface area contributed by atoms with Crippen LogP contribution in [0.25, 0.3) is 0 Å². The standard InChI is InChI=1S/C14H20N2O3/c1-3-11(4-2)16-14(18)10-6-5-7-12(8-10)19-9-13(15)17/h5-8,11H,3-4,9H2,1-2H3,(H2,15,17)(H,16,18). The van der Waals surface area contributed by atoms with Crippen LogP contribution in [0.5, 0.6) is 5.75 Å². The van der Waals surface area contributed by atoms with E-state index in [4.69, 9.17) is 10.5 Å². The molecule has 0 saturated carbocycles. The average molecular weight is 264 g/mol. The molecule has 0 aliphatic carbocycles. The van der Waals surface area contributed by atoms with E-state index in [0.717, 1.165) is 12.8 Å². The zero-order valence-electron chi connectivity index (χ0n) is 11.3. The maximum Gasteiger partial charge on any atom is 0.255 e. The van der Waals surface area contributed by atoms with Crippen molar-refractivity contribution in [2.45, 2.75) is 32.7 Å². The first-order valence-corrected chi connectivity index (χ1v) is 6.38. The third kappa shape index (κ3) is 4.99. The molecular formula is C14H20N2O3. The van der Waals surface area contributed by atoms with Crippen LogP contribution in [-0.4, -0.2) is 24.5 Å². The minimum Gasteiger partial charge on any atom is -0.484 e. The number of carbonyl (C=O) groups is 2. The molecule has 0 bridgehead atoms. The highest BCUT2D eigenvalue weighted by atomic mass is 16.5. The highest BCUT2D eigenvalue weighted by molar-refractivity contribution is 5.94. The zero-order valence-corrected chi connectivity index (χ0v) is 11.3. The molecule has 2 amide bonds. The molecule has 0 unspecified atom stereocenters. The number of nitrogens with two attached hydrogens (primary N) is 1. The smallest absolute Gasteiger partial charge is 0.255 e. The van der Waals surface area contributed by atoms with Gasteiger partial charge in [0.2, 0.25) is 0 Å². The van der Waals surface area contributed by atoms with Gasteiger partial charge in [-0.2, -0.15) is 0 Å². The number of hydrogen-bond acceptors (Lipinski definition) is 3. The highest BCUT2D eigenvalue weighted by Crippen LogP contribution is 2.13. The van der Waals surface area contributed by atoms with Gasteiger partial charge in [-0.3, -0.25) is 9.59 Å². The Kier molecular flexibility index (Phi) is 5.85. The molecule has 1 rings (SSSR count). The van der Waals surface area contributed by atoms with Gasteiger partial charge in [0.1, 0.15) is 5.75 Å². The van der Waals surface area contributed by atoms with E-state index in [0.29, 0.717) is 11.3 Å². The summed E-state index contributed by atoms with van der Waals surface area (Å²) in [6.45, 7) is 3.86. The lowest BCUT2D eigenvalue weighted by molar-refractivity contribution is -0.119. The quantitative estimate of drug-likeness (QED) is 0.782. The Morgan fingerprint density at radius 3 is 2.58 bits per heavy atom. The predicted octanol–water partition coefficient (Wildman–Crippen LogP) is 1.47. The Morgan fingerprint density at radius 2 is 2.00 bits per heavy atom. The van der Waals surface area contributed by atoms with Gasteiger partial charge in [0.15, 0.2) is 6.61 Å². The van der Waals surface area contributed by atoms with Gasteiger partial charge in [0, 0.05) is 11.6 Å². The molecule has 1 aromatic carbocycles. The van der Waals surface area contributed by atoms with Crippen LogP contribution < -0.4 is 15.8 Å². The number of rotatable bonds is 7. The second kappa shape index (κ2) is 7.41. The Balaban J connectivity index is 2.69. The van der Waals surface area contributed by atoms with E-state index < -0.39 is 5.91 Å². The fraction of sp³-hybridized carbons (Fsp3) is 0.429. The van der Waals surface area contributed by atoms with Crippen molar-refractivity contribution in [3.05, 3.63) is 29.8 Å². The molecule has 0 radical (unpaired) electrons. The molecule has 5 nitrogen and oxygen atoms in total. The molecule has 0 spiro atoms. The molecular weight excluding hydrogens is 244 g/mol. The maximum atomic E-state index is 12.0. The van der Waals surface area contributed by atoms with Crippen LogP contribution in [0.2, 0.25) is 0 Å². The minimum atomic E-state index is -0.549. The number of ether oxygens (including phenoxy) is 1. The molecule has 0 aliphatic rings. The summed E-state index contributed by atoms with van der Waals surface area (Å²) < 4.78 is 5.16. The first kappa shape index (κ1) is 15.0. The molecule has 0 heterocycles. The molecule has 3 N–H and O–H groups in total. The number of carbonyl (C=O) groups excluding carboxylic acids is 2. The lowest BCUT2D eigenvalue weighted by Crippen LogP contribution is -2.33. The van der Waals surface area contributed by atoms with Gasteiger partial charge in [-0.25, -0.2) is 0 Å². The van der Waals surface area contributed by atoms with Crippen molar-refractivity contribution in [3.63, 3.8) is 0 Å². The van der Waals surface area contributed by atoms with Crippen LogP contribution in [0.3, 0.4) is 0 Å². The lowest BCUT2D eigenvalue weighted by Gasteiger charge is -2.15. The van der Waals surface area contributed by atoms with Crippen molar-refractivity contribution in [1.29, 1.82) is 0 Å². The van der Waals surface area contributed by atoms with Crippen LogP contribution in [-0.2, 0) is 4.79 Å². The molecule has 0 fully saturated rings. The highest BCUT2D eigenvalue weighted by Gasteiger charge is 2.11. The second-order valence-corrected chi connectivity index (χ2v) is 4.27.